The van der Waals surface area contributed by atoms with Gasteiger partial charge in [-0.15, -0.1) is 0 Å². The van der Waals surface area contributed by atoms with Crippen molar-refractivity contribution < 1.29 is 24.5 Å². The number of allylic oxidation sites excluding steroid dienone is 7. The summed E-state index contributed by atoms with van der Waals surface area (Å²) in [5.74, 6) is -0.0541. The molecule has 0 fully saturated rings. The first-order valence-corrected chi connectivity index (χ1v) is 36.4. The molecule has 0 spiro atoms. The van der Waals surface area contributed by atoms with Crippen molar-refractivity contribution >= 4 is 11.9 Å². The lowest BCUT2D eigenvalue weighted by molar-refractivity contribution is -0.143. The van der Waals surface area contributed by atoms with E-state index in [1.165, 1.54) is 315 Å². The third-order valence-electron chi connectivity index (χ3n) is 16.8. The van der Waals surface area contributed by atoms with E-state index >= 15 is 0 Å². The molecule has 1 amide bonds. The summed E-state index contributed by atoms with van der Waals surface area (Å²) in [4.78, 5) is 24.5. The van der Waals surface area contributed by atoms with E-state index in [0.717, 1.165) is 51.4 Å². The molecule has 6 heteroatoms. The number of amides is 1. The number of esters is 1. The summed E-state index contributed by atoms with van der Waals surface area (Å²) >= 11 is 0. The van der Waals surface area contributed by atoms with Gasteiger partial charge < -0.3 is 20.3 Å². The quantitative estimate of drug-likeness (QED) is 0.0320. The van der Waals surface area contributed by atoms with E-state index in [-0.39, 0.29) is 18.5 Å². The maximum Gasteiger partial charge on any atom is 0.305 e. The Balaban J connectivity index is 3.36. The van der Waals surface area contributed by atoms with Gasteiger partial charge in [0, 0.05) is 12.8 Å². The van der Waals surface area contributed by atoms with Crippen LogP contribution >= 0.6 is 0 Å². The van der Waals surface area contributed by atoms with Gasteiger partial charge >= 0.3 is 5.97 Å². The number of aliphatic hydroxyl groups excluding tert-OH is 2. The number of nitrogens with one attached hydrogen (secondary N) is 1. The molecule has 3 N–H and O–H groups in total. The number of carbonyl (C=O) groups excluding carboxylic acids is 2. The standard InChI is InChI=1S/C75H141NO5/c1-3-5-7-9-11-13-15-17-41-45-49-53-57-61-65-69-75(80)81-70-66-62-58-54-50-46-43-40-38-36-34-32-30-28-26-24-22-20-18-19-21-23-25-27-29-31-33-35-37-39-42-44-48-52-56-60-64-68-74(79)76-72(71-77)73(78)67-63-59-55-51-47-16-14-12-10-8-6-4-2/h17-18,20,24,26,41,63,67,72-73,77-78H,3-16,19,21-23,25,27-40,42-62,64-66,68-71H2,1-2H3,(H,76,79)/b20-18-,26-24-,41-17-,67-63+. The topological polar surface area (TPSA) is 95.9 Å². The molecule has 0 radical (unpaired) electrons. The van der Waals surface area contributed by atoms with Crippen LogP contribution in [0.1, 0.15) is 393 Å². The summed E-state index contributed by atoms with van der Waals surface area (Å²) in [7, 11) is 0. The third-order valence-corrected chi connectivity index (χ3v) is 16.8. The minimum Gasteiger partial charge on any atom is -0.466 e. The lowest BCUT2D eigenvalue weighted by atomic mass is 10.0. The molecular weight excluding hydrogens is 995 g/mol. The molecule has 81 heavy (non-hydrogen) atoms. The van der Waals surface area contributed by atoms with Gasteiger partial charge in [0.2, 0.25) is 5.91 Å². The van der Waals surface area contributed by atoms with Gasteiger partial charge in [0.25, 0.3) is 0 Å². The number of hydrogen-bond acceptors (Lipinski definition) is 5. The Labute approximate surface area is 506 Å². The van der Waals surface area contributed by atoms with Crippen molar-refractivity contribution in [3.8, 4) is 0 Å². The molecule has 0 saturated carbocycles. The number of hydrogen-bond donors (Lipinski definition) is 3. The van der Waals surface area contributed by atoms with E-state index < -0.39 is 12.1 Å². The van der Waals surface area contributed by atoms with Crippen molar-refractivity contribution in [2.24, 2.45) is 0 Å². The molecule has 2 atom stereocenters. The van der Waals surface area contributed by atoms with Crippen LogP contribution in [0.5, 0.6) is 0 Å². The van der Waals surface area contributed by atoms with Gasteiger partial charge in [0.15, 0.2) is 0 Å². The fourth-order valence-electron chi connectivity index (χ4n) is 11.3. The molecule has 0 aliphatic carbocycles. The molecular formula is C75H141NO5. The van der Waals surface area contributed by atoms with Gasteiger partial charge in [-0.05, 0) is 89.9 Å². The van der Waals surface area contributed by atoms with E-state index in [1.807, 2.05) is 6.08 Å². The Hall–Kier alpha value is -2.18. The van der Waals surface area contributed by atoms with Gasteiger partial charge in [-0.25, -0.2) is 0 Å². The molecule has 0 aromatic carbocycles. The zero-order valence-electron chi connectivity index (χ0n) is 54.5. The van der Waals surface area contributed by atoms with Crippen molar-refractivity contribution in [3.63, 3.8) is 0 Å². The molecule has 476 valence electrons. The predicted molar refractivity (Wildman–Crippen MR) is 356 cm³/mol. The van der Waals surface area contributed by atoms with Crippen LogP contribution in [-0.4, -0.2) is 47.4 Å². The lowest BCUT2D eigenvalue weighted by Crippen LogP contribution is -2.45. The highest BCUT2D eigenvalue weighted by molar-refractivity contribution is 5.76. The van der Waals surface area contributed by atoms with Crippen molar-refractivity contribution in [1.82, 2.24) is 5.32 Å². The highest BCUT2D eigenvalue weighted by atomic mass is 16.5. The first-order chi connectivity index (χ1) is 40.0. The molecule has 0 heterocycles. The van der Waals surface area contributed by atoms with E-state index in [4.69, 9.17) is 4.74 Å². The van der Waals surface area contributed by atoms with Crippen molar-refractivity contribution in [2.45, 2.75) is 405 Å². The van der Waals surface area contributed by atoms with Crippen molar-refractivity contribution in [2.75, 3.05) is 13.2 Å². The molecule has 0 aromatic heterocycles. The zero-order valence-corrected chi connectivity index (χ0v) is 54.5. The Morgan fingerprint density at radius 3 is 0.951 bits per heavy atom. The highest BCUT2D eigenvalue weighted by Gasteiger charge is 2.18. The van der Waals surface area contributed by atoms with E-state index in [9.17, 15) is 19.8 Å². The van der Waals surface area contributed by atoms with Gasteiger partial charge in [0.05, 0.1) is 25.4 Å². The molecule has 0 rings (SSSR count). The second-order valence-corrected chi connectivity index (χ2v) is 24.9. The van der Waals surface area contributed by atoms with Gasteiger partial charge in [-0.3, -0.25) is 9.59 Å². The lowest BCUT2D eigenvalue weighted by Gasteiger charge is -2.20. The molecule has 0 bridgehead atoms. The van der Waals surface area contributed by atoms with Gasteiger partial charge in [0.1, 0.15) is 0 Å². The monoisotopic (exact) mass is 1140 g/mol. The van der Waals surface area contributed by atoms with Gasteiger partial charge in [-0.1, -0.05) is 339 Å². The number of aliphatic hydroxyl groups is 2. The van der Waals surface area contributed by atoms with Crippen LogP contribution in [0.15, 0.2) is 48.6 Å². The van der Waals surface area contributed by atoms with E-state index in [2.05, 4.69) is 55.6 Å². The predicted octanol–water partition coefficient (Wildman–Crippen LogP) is 23.6. The minimum atomic E-state index is -0.842. The van der Waals surface area contributed by atoms with Crippen molar-refractivity contribution in [1.29, 1.82) is 0 Å². The maximum absolute atomic E-state index is 12.5. The zero-order chi connectivity index (χ0) is 58.5. The summed E-state index contributed by atoms with van der Waals surface area (Å²) in [6.45, 7) is 4.91. The first kappa shape index (κ1) is 78.8. The maximum atomic E-state index is 12.5. The Morgan fingerprint density at radius 1 is 0.346 bits per heavy atom. The number of rotatable bonds is 68. The summed E-state index contributed by atoms with van der Waals surface area (Å²) < 4.78 is 5.49. The molecule has 6 nitrogen and oxygen atoms in total. The van der Waals surface area contributed by atoms with Crippen LogP contribution in [0.4, 0.5) is 0 Å². The van der Waals surface area contributed by atoms with E-state index in [0.29, 0.717) is 19.4 Å². The van der Waals surface area contributed by atoms with Gasteiger partial charge in [-0.2, -0.15) is 0 Å². The second kappa shape index (κ2) is 70.3. The number of carbonyl (C=O) groups is 2. The van der Waals surface area contributed by atoms with E-state index in [1.54, 1.807) is 6.08 Å². The highest BCUT2D eigenvalue weighted by Crippen LogP contribution is 2.18. The fraction of sp³-hybridized carbons (Fsp3) is 0.867. The number of ether oxygens (including phenoxy) is 1. The average molecular weight is 1140 g/mol. The Kier molecular flexibility index (Phi) is 68.4. The fourth-order valence-corrected chi connectivity index (χ4v) is 11.3. The summed E-state index contributed by atoms with van der Waals surface area (Å²) in [6, 6.07) is -0.625. The second-order valence-electron chi connectivity index (χ2n) is 24.9. The smallest absolute Gasteiger partial charge is 0.305 e. The van der Waals surface area contributed by atoms with Crippen LogP contribution in [-0.2, 0) is 14.3 Å². The normalized spacial score (nSPS) is 12.8. The largest absolute Gasteiger partial charge is 0.466 e. The van der Waals surface area contributed by atoms with Crippen molar-refractivity contribution in [3.05, 3.63) is 48.6 Å². The van der Waals surface area contributed by atoms with Crippen LogP contribution in [0, 0.1) is 0 Å². The molecule has 2 unspecified atom stereocenters. The summed E-state index contributed by atoms with van der Waals surface area (Å²) in [5.41, 5.74) is 0. The van der Waals surface area contributed by atoms with Crippen LogP contribution in [0.2, 0.25) is 0 Å². The Bertz CT molecular complexity index is 1360. The number of unbranched alkanes of at least 4 members (excludes halogenated alkanes) is 51. The molecule has 0 saturated heterocycles. The minimum absolute atomic E-state index is 0.0107. The Morgan fingerprint density at radius 2 is 0.617 bits per heavy atom. The summed E-state index contributed by atoms with van der Waals surface area (Å²) in [5, 5.41) is 23.1. The first-order valence-electron chi connectivity index (χ1n) is 36.4. The molecule has 0 aliphatic heterocycles. The average Bonchev–Trinajstić information content (AvgIpc) is 3.47. The van der Waals surface area contributed by atoms with Crippen LogP contribution in [0.25, 0.3) is 0 Å². The van der Waals surface area contributed by atoms with Crippen LogP contribution < -0.4 is 5.32 Å². The molecule has 0 aromatic rings. The summed E-state index contributed by atoms with van der Waals surface area (Å²) in [6.07, 6.45) is 92.2. The third kappa shape index (κ3) is 66.8. The SMILES string of the molecule is CCCCCCCC/C=C\CCCCCCCC(=O)OCCCCCCCCCCCCCCC/C=C\C/C=C\CCCCCCCCCCCCCCCCCCCC(=O)NC(CO)C(O)/C=C/CCCCCCCCCCCC. The van der Waals surface area contributed by atoms with Crippen LogP contribution in [0.3, 0.4) is 0 Å². The molecule has 0 aliphatic rings.